The van der Waals surface area contributed by atoms with E-state index in [9.17, 15) is 4.39 Å². The molecule has 0 bridgehead atoms. The van der Waals surface area contributed by atoms with Gasteiger partial charge in [-0.1, -0.05) is 0 Å². The fourth-order valence-electron chi connectivity index (χ4n) is 1.51. The molecular weight excluding hydrogens is 231 g/mol. The van der Waals surface area contributed by atoms with Gasteiger partial charge in [-0.05, 0) is 37.3 Å². The Morgan fingerprint density at radius 3 is 2.83 bits per heavy atom. The molecule has 0 saturated heterocycles. The van der Waals surface area contributed by atoms with Crippen LogP contribution >= 0.6 is 0 Å². The Balaban J connectivity index is 2.40. The Hall–Kier alpha value is -2.61. The summed E-state index contributed by atoms with van der Waals surface area (Å²) in [5.74, 6) is 0.000353. The van der Waals surface area contributed by atoms with Crippen molar-refractivity contribution in [2.24, 2.45) is 0 Å². The van der Waals surface area contributed by atoms with Crippen LogP contribution in [-0.4, -0.2) is 4.98 Å². The molecule has 0 saturated carbocycles. The van der Waals surface area contributed by atoms with Gasteiger partial charge in [0.2, 0.25) is 0 Å². The summed E-state index contributed by atoms with van der Waals surface area (Å²) in [5, 5.41) is 11.9. The zero-order valence-electron chi connectivity index (χ0n) is 9.74. The van der Waals surface area contributed by atoms with Crippen molar-refractivity contribution < 1.29 is 4.39 Å². The highest BCUT2D eigenvalue weighted by atomic mass is 19.1. The summed E-state index contributed by atoms with van der Waals surface area (Å²) in [6, 6.07) is 9.35. The Morgan fingerprint density at radius 1 is 1.33 bits per heavy atom. The average molecular weight is 242 g/mol. The van der Waals surface area contributed by atoms with Crippen LogP contribution in [0.15, 0.2) is 30.3 Å². The van der Waals surface area contributed by atoms with Crippen LogP contribution in [0.4, 0.5) is 21.6 Å². The van der Waals surface area contributed by atoms with Gasteiger partial charge in [-0.25, -0.2) is 9.37 Å². The number of nitrogen functional groups attached to an aromatic ring is 1. The van der Waals surface area contributed by atoms with E-state index in [2.05, 4.69) is 10.3 Å². The summed E-state index contributed by atoms with van der Waals surface area (Å²) < 4.78 is 13.0. The number of hydrogen-bond donors (Lipinski definition) is 2. The van der Waals surface area contributed by atoms with Crippen LogP contribution in [0.2, 0.25) is 0 Å². The molecule has 0 unspecified atom stereocenters. The van der Waals surface area contributed by atoms with Crippen LogP contribution in [0.1, 0.15) is 11.3 Å². The number of nitriles is 1. The fraction of sp³-hybridized carbons (Fsp3) is 0.0769. The predicted octanol–water partition coefficient (Wildman–Crippen LogP) is 2.73. The predicted molar refractivity (Wildman–Crippen MR) is 67.8 cm³/mol. The number of benzene rings is 1. The minimum atomic E-state index is -0.456. The number of nitrogens with two attached hydrogens (primary N) is 1. The van der Waals surface area contributed by atoms with E-state index >= 15 is 0 Å². The summed E-state index contributed by atoms with van der Waals surface area (Å²) in [6.07, 6.45) is 0. The molecule has 4 nitrogen and oxygen atoms in total. The van der Waals surface area contributed by atoms with Crippen molar-refractivity contribution in [3.8, 4) is 6.07 Å². The van der Waals surface area contributed by atoms with Crippen molar-refractivity contribution in [3.63, 3.8) is 0 Å². The van der Waals surface area contributed by atoms with Crippen molar-refractivity contribution in [1.82, 2.24) is 4.98 Å². The highest BCUT2D eigenvalue weighted by molar-refractivity contribution is 5.72. The normalized spacial score (nSPS) is 9.83. The minimum absolute atomic E-state index is 0.206. The second-order valence-corrected chi connectivity index (χ2v) is 3.82. The van der Waals surface area contributed by atoms with Gasteiger partial charge in [0.05, 0.1) is 16.9 Å². The molecule has 0 radical (unpaired) electrons. The van der Waals surface area contributed by atoms with E-state index < -0.39 is 5.82 Å². The van der Waals surface area contributed by atoms with Gasteiger partial charge in [0.15, 0.2) is 5.82 Å². The monoisotopic (exact) mass is 242 g/mol. The van der Waals surface area contributed by atoms with Crippen LogP contribution < -0.4 is 11.1 Å². The largest absolute Gasteiger partial charge is 0.396 e. The second-order valence-electron chi connectivity index (χ2n) is 3.82. The molecule has 2 aromatic rings. The number of halogens is 1. The van der Waals surface area contributed by atoms with Gasteiger partial charge in [0.1, 0.15) is 11.9 Å². The number of nitrogens with one attached hydrogen (secondary N) is 1. The smallest absolute Gasteiger partial charge is 0.153 e. The van der Waals surface area contributed by atoms with Crippen LogP contribution in [0.5, 0.6) is 0 Å². The third kappa shape index (κ3) is 2.38. The molecule has 90 valence electrons. The van der Waals surface area contributed by atoms with Crippen molar-refractivity contribution in [3.05, 3.63) is 47.4 Å². The molecular formula is C13H11FN4. The lowest BCUT2D eigenvalue weighted by Gasteiger charge is -2.10. The number of rotatable bonds is 2. The minimum Gasteiger partial charge on any atom is -0.396 e. The first-order chi connectivity index (χ1) is 8.60. The molecule has 3 N–H and O–H groups in total. The van der Waals surface area contributed by atoms with E-state index in [0.29, 0.717) is 17.2 Å². The molecule has 1 aromatic heterocycles. The Kier molecular flexibility index (Phi) is 3.11. The number of aromatic nitrogens is 1. The molecule has 0 spiro atoms. The molecule has 18 heavy (non-hydrogen) atoms. The Morgan fingerprint density at radius 2 is 2.11 bits per heavy atom. The van der Waals surface area contributed by atoms with Gasteiger partial charge in [0.25, 0.3) is 0 Å². The summed E-state index contributed by atoms with van der Waals surface area (Å²) in [5.41, 5.74) is 7.72. The van der Waals surface area contributed by atoms with Crippen LogP contribution in [0, 0.1) is 24.1 Å². The van der Waals surface area contributed by atoms with E-state index in [-0.39, 0.29) is 5.56 Å². The number of nitrogens with zero attached hydrogens (tertiary/aromatic N) is 2. The van der Waals surface area contributed by atoms with Crippen molar-refractivity contribution in [2.45, 2.75) is 6.92 Å². The Labute approximate surface area is 104 Å². The topological polar surface area (TPSA) is 74.7 Å². The SMILES string of the molecule is Cc1ccc(N)c(Nc2ccc(F)cc2C#N)n1. The van der Waals surface area contributed by atoms with Gasteiger partial charge in [-0.2, -0.15) is 5.26 Å². The lowest BCUT2D eigenvalue weighted by atomic mass is 10.2. The lowest BCUT2D eigenvalue weighted by molar-refractivity contribution is 0.627. The first-order valence-electron chi connectivity index (χ1n) is 5.30. The number of pyridine rings is 1. The quantitative estimate of drug-likeness (QED) is 0.849. The van der Waals surface area contributed by atoms with Crippen molar-refractivity contribution in [1.29, 1.82) is 5.26 Å². The molecule has 0 atom stereocenters. The lowest BCUT2D eigenvalue weighted by Crippen LogP contribution is -2.01. The highest BCUT2D eigenvalue weighted by Gasteiger charge is 2.07. The van der Waals surface area contributed by atoms with Gasteiger partial charge < -0.3 is 11.1 Å². The van der Waals surface area contributed by atoms with Crippen molar-refractivity contribution in [2.75, 3.05) is 11.1 Å². The molecule has 0 fully saturated rings. The average Bonchev–Trinajstić information content (AvgIpc) is 2.36. The summed E-state index contributed by atoms with van der Waals surface area (Å²) >= 11 is 0. The Bertz CT molecular complexity index is 631. The van der Waals surface area contributed by atoms with Gasteiger partial charge >= 0.3 is 0 Å². The van der Waals surface area contributed by atoms with Crippen LogP contribution in [-0.2, 0) is 0 Å². The zero-order valence-corrected chi connectivity index (χ0v) is 9.74. The summed E-state index contributed by atoms with van der Waals surface area (Å²) in [6.45, 7) is 1.83. The van der Waals surface area contributed by atoms with Crippen LogP contribution in [0.25, 0.3) is 0 Å². The van der Waals surface area contributed by atoms with E-state index in [1.54, 1.807) is 12.1 Å². The molecule has 0 aliphatic rings. The molecule has 0 aliphatic heterocycles. The zero-order chi connectivity index (χ0) is 13.1. The molecule has 0 amide bonds. The maximum absolute atomic E-state index is 13.0. The standard InChI is InChI=1S/C13H11FN4/c1-8-2-4-11(16)13(17-8)18-12-5-3-10(14)6-9(12)7-15/h2-6H,16H2,1H3,(H,17,18). The third-order valence-corrected chi connectivity index (χ3v) is 2.42. The number of anilines is 3. The van der Waals surface area contributed by atoms with E-state index in [1.165, 1.54) is 12.1 Å². The number of hydrogen-bond acceptors (Lipinski definition) is 4. The first kappa shape index (κ1) is 11.9. The second kappa shape index (κ2) is 4.72. The van der Waals surface area contributed by atoms with Gasteiger partial charge in [-0.15, -0.1) is 0 Å². The highest BCUT2D eigenvalue weighted by Crippen LogP contribution is 2.24. The molecule has 5 heteroatoms. The molecule has 1 heterocycles. The molecule has 0 aliphatic carbocycles. The maximum atomic E-state index is 13.0. The van der Waals surface area contributed by atoms with Crippen molar-refractivity contribution >= 4 is 17.2 Å². The van der Waals surface area contributed by atoms with Gasteiger partial charge in [-0.3, -0.25) is 0 Å². The summed E-state index contributed by atoms with van der Waals surface area (Å²) in [4.78, 5) is 4.23. The van der Waals surface area contributed by atoms with Crippen LogP contribution in [0.3, 0.4) is 0 Å². The number of aryl methyl sites for hydroxylation is 1. The maximum Gasteiger partial charge on any atom is 0.153 e. The van der Waals surface area contributed by atoms with E-state index in [1.807, 2.05) is 13.0 Å². The van der Waals surface area contributed by atoms with E-state index in [4.69, 9.17) is 11.0 Å². The molecule has 1 aromatic carbocycles. The van der Waals surface area contributed by atoms with Gasteiger partial charge in [0, 0.05) is 5.69 Å². The fourth-order valence-corrected chi connectivity index (χ4v) is 1.51. The third-order valence-electron chi connectivity index (χ3n) is 2.42. The summed E-state index contributed by atoms with van der Waals surface area (Å²) in [7, 11) is 0. The van der Waals surface area contributed by atoms with E-state index in [0.717, 1.165) is 11.8 Å². The molecule has 2 rings (SSSR count). The first-order valence-corrected chi connectivity index (χ1v) is 5.30.